The average molecular weight is 418 g/mol. The standard InChI is InChI=1S/C25H27N3O3/c1-16(19-11-10-17-6-2-3-8-20(17)14-19)26-22(29)15-28-23(30)25(27-24(28)31)13-12-18-7-4-5-9-21(18)25/h4-5,7,9-11,14,16H,2-3,6,8,12-13,15H2,1H3,(H,26,29)(H,27,31)/t16-,25-/m1/s1. The van der Waals surface area contributed by atoms with E-state index in [1.807, 2.05) is 31.2 Å². The van der Waals surface area contributed by atoms with E-state index in [9.17, 15) is 14.4 Å². The van der Waals surface area contributed by atoms with Crippen molar-refractivity contribution in [2.24, 2.45) is 0 Å². The monoisotopic (exact) mass is 417 g/mol. The van der Waals surface area contributed by atoms with Crippen molar-refractivity contribution in [1.29, 1.82) is 0 Å². The Morgan fingerprint density at radius 1 is 1.06 bits per heavy atom. The van der Waals surface area contributed by atoms with E-state index < -0.39 is 11.6 Å². The molecule has 0 saturated carbocycles. The molecule has 2 aliphatic carbocycles. The third kappa shape index (κ3) is 3.30. The molecule has 2 N–H and O–H groups in total. The zero-order chi connectivity index (χ0) is 21.6. The summed E-state index contributed by atoms with van der Waals surface area (Å²) < 4.78 is 0. The Bertz CT molecular complexity index is 1080. The van der Waals surface area contributed by atoms with E-state index in [1.165, 1.54) is 24.0 Å². The lowest BCUT2D eigenvalue weighted by Gasteiger charge is -2.23. The number of benzene rings is 2. The van der Waals surface area contributed by atoms with Crippen LogP contribution in [0.3, 0.4) is 0 Å². The van der Waals surface area contributed by atoms with Crippen LogP contribution >= 0.6 is 0 Å². The number of nitrogens with zero attached hydrogens (tertiary/aromatic N) is 1. The number of carbonyl (C=O) groups excluding carboxylic acids is 3. The Balaban J connectivity index is 1.28. The topological polar surface area (TPSA) is 78.5 Å². The number of nitrogens with one attached hydrogen (secondary N) is 2. The molecule has 1 saturated heterocycles. The van der Waals surface area contributed by atoms with Gasteiger partial charge in [-0.25, -0.2) is 4.79 Å². The molecule has 1 aliphatic heterocycles. The first kappa shape index (κ1) is 19.8. The van der Waals surface area contributed by atoms with E-state index in [0.717, 1.165) is 40.9 Å². The van der Waals surface area contributed by atoms with Crippen molar-refractivity contribution in [2.75, 3.05) is 6.54 Å². The van der Waals surface area contributed by atoms with Crippen molar-refractivity contribution < 1.29 is 14.4 Å². The van der Waals surface area contributed by atoms with Crippen molar-refractivity contribution >= 4 is 17.8 Å². The van der Waals surface area contributed by atoms with E-state index in [4.69, 9.17) is 0 Å². The number of amides is 4. The van der Waals surface area contributed by atoms with Gasteiger partial charge in [0.2, 0.25) is 5.91 Å². The first-order chi connectivity index (χ1) is 15.0. The summed E-state index contributed by atoms with van der Waals surface area (Å²) in [5.74, 6) is -0.670. The molecule has 6 heteroatoms. The van der Waals surface area contributed by atoms with Crippen molar-refractivity contribution in [3.63, 3.8) is 0 Å². The Hall–Kier alpha value is -3.15. The third-order valence-corrected chi connectivity index (χ3v) is 6.97. The first-order valence-corrected chi connectivity index (χ1v) is 11.1. The van der Waals surface area contributed by atoms with Gasteiger partial charge in [0.25, 0.3) is 5.91 Å². The number of hydrogen-bond donors (Lipinski definition) is 2. The summed E-state index contributed by atoms with van der Waals surface area (Å²) >= 11 is 0. The van der Waals surface area contributed by atoms with Gasteiger partial charge in [-0.15, -0.1) is 0 Å². The van der Waals surface area contributed by atoms with E-state index in [-0.39, 0.29) is 24.4 Å². The van der Waals surface area contributed by atoms with Crippen LogP contribution in [0.4, 0.5) is 4.79 Å². The summed E-state index contributed by atoms with van der Waals surface area (Å²) in [6.45, 7) is 1.66. The molecular weight excluding hydrogens is 390 g/mol. The SMILES string of the molecule is C[C@@H](NC(=O)CN1C(=O)N[C@@]2(CCc3ccccc32)C1=O)c1ccc2c(c1)CCCC2. The average Bonchev–Trinajstić information content (AvgIpc) is 3.26. The Morgan fingerprint density at radius 3 is 2.68 bits per heavy atom. The van der Waals surface area contributed by atoms with Crippen LogP contribution in [0, 0.1) is 0 Å². The molecule has 1 fully saturated rings. The van der Waals surface area contributed by atoms with Crippen molar-refractivity contribution in [1.82, 2.24) is 15.5 Å². The van der Waals surface area contributed by atoms with Crippen LogP contribution in [0.2, 0.25) is 0 Å². The van der Waals surface area contributed by atoms with Crippen LogP contribution in [0.5, 0.6) is 0 Å². The van der Waals surface area contributed by atoms with Crippen LogP contribution in [-0.4, -0.2) is 29.3 Å². The minimum absolute atomic E-state index is 0.193. The molecule has 0 radical (unpaired) electrons. The van der Waals surface area contributed by atoms with Crippen LogP contribution in [-0.2, 0) is 34.4 Å². The van der Waals surface area contributed by atoms with Crippen molar-refractivity contribution in [3.05, 3.63) is 70.3 Å². The van der Waals surface area contributed by atoms with E-state index in [0.29, 0.717) is 6.42 Å². The summed E-state index contributed by atoms with van der Waals surface area (Å²) in [6.07, 6.45) is 5.90. The lowest BCUT2D eigenvalue weighted by Crippen LogP contribution is -2.44. The van der Waals surface area contributed by atoms with Gasteiger partial charge < -0.3 is 10.6 Å². The second-order valence-electron chi connectivity index (χ2n) is 8.91. The number of rotatable bonds is 4. The maximum Gasteiger partial charge on any atom is 0.325 e. The minimum atomic E-state index is -1.03. The van der Waals surface area contributed by atoms with Gasteiger partial charge in [-0.05, 0) is 73.3 Å². The highest BCUT2D eigenvalue weighted by Crippen LogP contribution is 2.41. The van der Waals surface area contributed by atoms with Crippen molar-refractivity contribution in [2.45, 2.75) is 57.0 Å². The molecule has 0 aromatic heterocycles. The molecule has 0 bridgehead atoms. The molecule has 0 unspecified atom stereocenters. The minimum Gasteiger partial charge on any atom is -0.348 e. The van der Waals surface area contributed by atoms with E-state index >= 15 is 0 Å². The summed E-state index contributed by atoms with van der Waals surface area (Å²) in [5, 5.41) is 5.82. The van der Waals surface area contributed by atoms with Gasteiger partial charge in [-0.3, -0.25) is 14.5 Å². The van der Waals surface area contributed by atoms with E-state index in [2.05, 4.69) is 28.8 Å². The van der Waals surface area contributed by atoms with Gasteiger partial charge in [-0.2, -0.15) is 0 Å². The Morgan fingerprint density at radius 2 is 1.84 bits per heavy atom. The molecule has 2 aromatic rings. The largest absolute Gasteiger partial charge is 0.348 e. The molecule has 6 nitrogen and oxygen atoms in total. The molecule has 2 aromatic carbocycles. The maximum absolute atomic E-state index is 13.2. The number of aryl methyl sites for hydroxylation is 3. The highest BCUT2D eigenvalue weighted by molar-refractivity contribution is 6.09. The third-order valence-electron chi connectivity index (χ3n) is 6.97. The number of imide groups is 1. The number of urea groups is 1. The fourth-order valence-corrected chi connectivity index (χ4v) is 5.27. The zero-order valence-electron chi connectivity index (χ0n) is 17.7. The summed E-state index contributed by atoms with van der Waals surface area (Å²) in [7, 11) is 0. The van der Waals surface area contributed by atoms with Gasteiger partial charge >= 0.3 is 6.03 Å². The lowest BCUT2D eigenvalue weighted by atomic mass is 9.89. The molecule has 2 atom stereocenters. The first-order valence-electron chi connectivity index (χ1n) is 11.1. The highest BCUT2D eigenvalue weighted by Gasteiger charge is 2.55. The zero-order valence-corrected chi connectivity index (χ0v) is 17.7. The molecular formula is C25H27N3O3. The maximum atomic E-state index is 13.2. The van der Waals surface area contributed by atoms with Gasteiger partial charge in [0.05, 0.1) is 6.04 Å². The van der Waals surface area contributed by atoms with Gasteiger partial charge in [-0.1, -0.05) is 42.5 Å². The second kappa shape index (κ2) is 7.52. The number of carbonyl (C=O) groups is 3. The van der Waals surface area contributed by atoms with Crippen LogP contribution in [0.15, 0.2) is 42.5 Å². The smallest absolute Gasteiger partial charge is 0.325 e. The van der Waals surface area contributed by atoms with Gasteiger partial charge in [0.1, 0.15) is 12.1 Å². The molecule has 1 spiro atoms. The van der Waals surface area contributed by atoms with Crippen LogP contribution in [0.1, 0.15) is 60.0 Å². The fourth-order valence-electron chi connectivity index (χ4n) is 5.27. The molecule has 3 aliphatic rings. The Labute approximate surface area is 182 Å². The van der Waals surface area contributed by atoms with E-state index in [1.54, 1.807) is 0 Å². The second-order valence-corrected chi connectivity index (χ2v) is 8.91. The number of hydrogen-bond acceptors (Lipinski definition) is 3. The molecule has 1 heterocycles. The van der Waals surface area contributed by atoms with Crippen LogP contribution in [0.25, 0.3) is 0 Å². The van der Waals surface area contributed by atoms with Crippen LogP contribution < -0.4 is 10.6 Å². The predicted molar refractivity (Wildman–Crippen MR) is 116 cm³/mol. The summed E-state index contributed by atoms with van der Waals surface area (Å²) in [6, 6.07) is 13.4. The summed E-state index contributed by atoms with van der Waals surface area (Å²) in [5.41, 5.74) is 4.70. The molecule has 5 rings (SSSR count). The summed E-state index contributed by atoms with van der Waals surface area (Å²) in [4.78, 5) is 39.6. The van der Waals surface area contributed by atoms with Crippen molar-refractivity contribution in [3.8, 4) is 0 Å². The normalized spacial score (nSPS) is 22.8. The fraction of sp³-hybridized carbons (Fsp3) is 0.400. The van der Waals surface area contributed by atoms with Gasteiger partial charge in [0.15, 0.2) is 0 Å². The molecule has 4 amide bonds. The van der Waals surface area contributed by atoms with Gasteiger partial charge in [0, 0.05) is 0 Å². The predicted octanol–water partition coefficient (Wildman–Crippen LogP) is 3.14. The quantitative estimate of drug-likeness (QED) is 0.751. The lowest BCUT2D eigenvalue weighted by molar-refractivity contribution is -0.135. The Kier molecular flexibility index (Phi) is 4.80. The molecule has 31 heavy (non-hydrogen) atoms. The highest BCUT2D eigenvalue weighted by atomic mass is 16.2. The molecule has 160 valence electrons. The number of fused-ring (bicyclic) bond motifs is 3.